The van der Waals surface area contributed by atoms with Gasteiger partial charge in [0.05, 0.1) is 29.1 Å². The summed E-state index contributed by atoms with van der Waals surface area (Å²) in [5, 5.41) is 5.35. The van der Waals surface area contributed by atoms with Crippen LogP contribution in [0.15, 0.2) is 84.9 Å². The number of esters is 1. The third kappa shape index (κ3) is 3.30. The first kappa shape index (κ1) is 18.0. The summed E-state index contributed by atoms with van der Waals surface area (Å²) in [5.41, 5.74) is 4.67. The summed E-state index contributed by atoms with van der Waals surface area (Å²) in [4.78, 5) is 11.7. The fourth-order valence-electron chi connectivity index (χ4n) is 3.07. The predicted octanol–water partition coefficient (Wildman–Crippen LogP) is 5.65. The average molecular weight is 389 g/mol. The highest BCUT2D eigenvalue weighted by Gasteiger charge is 2.20. The Morgan fingerprint density at radius 2 is 1.46 bits per heavy atom. The topological polar surface area (TPSA) is 44.1 Å². The number of rotatable bonds is 4. The lowest BCUT2D eigenvalue weighted by Gasteiger charge is -2.07. The van der Waals surface area contributed by atoms with E-state index < -0.39 is 0 Å². The number of hydrogen-bond donors (Lipinski definition) is 0. The van der Waals surface area contributed by atoms with E-state index in [0.29, 0.717) is 16.3 Å². The number of benzene rings is 3. The van der Waals surface area contributed by atoms with Crippen molar-refractivity contribution >= 4 is 17.6 Å². The second-order valence-corrected chi connectivity index (χ2v) is 6.57. The van der Waals surface area contributed by atoms with Crippen LogP contribution < -0.4 is 0 Å². The van der Waals surface area contributed by atoms with Gasteiger partial charge < -0.3 is 4.74 Å². The summed E-state index contributed by atoms with van der Waals surface area (Å²) in [7, 11) is 1.36. The van der Waals surface area contributed by atoms with Gasteiger partial charge in [0.2, 0.25) is 0 Å². The standard InChI is InChI=1S/C23H17ClN2O2/c1-28-23(27)18-14-12-16(13-15-18)21-20(24)22(17-8-4-2-5-9-17)26(25-21)19-10-6-3-7-11-19/h2-15H,1H3. The van der Waals surface area contributed by atoms with E-state index in [1.807, 2.05) is 77.5 Å². The molecule has 28 heavy (non-hydrogen) atoms. The van der Waals surface area contributed by atoms with Crippen molar-refractivity contribution in [2.45, 2.75) is 0 Å². The highest BCUT2D eigenvalue weighted by Crippen LogP contribution is 2.37. The summed E-state index contributed by atoms with van der Waals surface area (Å²) < 4.78 is 6.61. The van der Waals surface area contributed by atoms with Crippen LogP contribution in [0.25, 0.3) is 28.2 Å². The molecule has 0 spiro atoms. The number of para-hydroxylation sites is 1. The molecule has 138 valence electrons. The maximum Gasteiger partial charge on any atom is 0.337 e. The quantitative estimate of drug-likeness (QED) is 0.424. The van der Waals surface area contributed by atoms with Gasteiger partial charge in [-0.2, -0.15) is 5.10 Å². The lowest BCUT2D eigenvalue weighted by Crippen LogP contribution is -2.00. The van der Waals surface area contributed by atoms with E-state index in [-0.39, 0.29) is 5.97 Å². The fourth-order valence-corrected chi connectivity index (χ4v) is 3.40. The molecule has 0 aliphatic carbocycles. The van der Waals surface area contributed by atoms with Crippen LogP contribution >= 0.6 is 11.6 Å². The van der Waals surface area contributed by atoms with Crippen molar-refractivity contribution in [3.63, 3.8) is 0 Å². The third-order valence-electron chi connectivity index (χ3n) is 4.46. The molecule has 1 aromatic heterocycles. The van der Waals surface area contributed by atoms with Crippen molar-refractivity contribution in [1.82, 2.24) is 9.78 Å². The van der Waals surface area contributed by atoms with Gasteiger partial charge in [-0.1, -0.05) is 72.3 Å². The molecule has 5 heteroatoms. The number of ether oxygens (including phenoxy) is 1. The van der Waals surface area contributed by atoms with Gasteiger partial charge in [0, 0.05) is 11.1 Å². The van der Waals surface area contributed by atoms with Crippen LogP contribution in [0.4, 0.5) is 0 Å². The molecule has 1 heterocycles. The molecular weight excluding hydrogens is 372 g/mol. The summed E-state index contributed by atoms with van der Waals surface area (Å²) in [6.07, 6.45) is 0. The highest BCUT2D eigenvalue weighted by molar-refractivity contribution is 6.35. The van der Waals surface area contributed by atoms with Gasteiger partial charge in [-0.05, 0) is 24.3 Å². The number of carbonyl (C=O) groups is 1. The first-order chi connectivity index (χ1) is 13.7. The lowest BCUT2D eigenvalue weighted by atomic mass is 10.1. The first-order valence-electron chi connectivity index (χ1n) is 8.77. The predicted molar refractivity (Wildman–Crippen MR) is 111 cm³/mol. The molecule has 4 nitrogen and oxygen atoms in total. The Morgan fingerprint density at radius 3 is 2.07 bits per heavy atom. The Hall–Kier alpha value is -3.37. The van der Waals surface area contributed by atoms with Crippen LogP contribution in [0.1, 0.15) is 10.4 Å². The number of hydrogen-bond acceptors (Lipinski definition) is 3. The zero-order chi connectivity index (χ0) is 19.5. The molecule has 0 fully saturated rings. The molecule has 0 saturated carbocycles. The molecule has 0 atom stereocenters. The van der Waals surface area contributed by atoms with Crippen molar-refractivity contribution < 1.29 is 9.53 Å². The molecule has 0 radical (unpaired) electrons. The Kier molecular flexibility index (Phi) is 4.96. The Bertz CT molecular complexity index is 1100. The molecule has 0 aliphatic rings. The van der Waals surface area contributed by atoms with E-state index in [0.717, 1.165) is 22.5 Å². The van der Waals surface area contributed by atoms with Gasteiger partial charge >= 0.3 is 5.97 Å². The number of aromatic nitrogens is 2. The maximum atomic E-state index is 11.7. The van der Waals surface area contributed by atoms with Crippen LogP contribution in [0, 0.1) is 0 Å². The van der Waals surface area contributed by atoms with Crippen molar-refractivity contribution in [1.29, 1.82) is 0 Å². The largest absolute Gasteiger partial charge is 0.465 e. The highest BCUT2D eigenvalue weighted by atomic mass is 35.5. The number of halogens is 1. The minimum absolute atomic E-state index is 0.377. The van der Waals surface area contributed by atoms with Gasteiger partial charge in [-0.25, -0.2) is 9.48 Å². The monoisotopic (exact) mass is 388 g/mol. The van der Waals surface area contributed by atoms with Gasteiger partial charge in [-0.15, -0.1) is 0 Å². The van der Waals surface area contributed by atoms with E-state index in [1.165, 1.54) is 7.11 Å². The second-order valence-electron chi connectivity index (χ2n) is 6.19. The molecule has 0 saturated heterocycles. The molecule has 0 amide bonds. The van der Waals surface area contributed by atoms with Gasteiger partial charge in [-0.3, -0.25) is 0 Å². The summed E-state index contributed by atoms with van der Waals surface area (Å²) in [6, 6.07) is 26.8. The van der Waals surface area contributed by atoms with Crippen molar-refractivity contribution in [3.05, 3.63) is 95.5 Å². The van der Waals surface area contributed by atoms with Crippen LogP contribution in [0.3, 0.4) is 0 Å². The molecular formula is C23H17ClN2O2. The molecule has 4 aromatic rings. The molecule has 0 aliphatic heterocycles. The van der Waals surface area contributed by atoms with E-state index >= 15 is 0 Å². The molecule has 0 N–H and O–H groups in total. The normalized spacial score (nSPS) is 10.6. The van der Waals surface area contributed by atoms with E-state index in [4.69, 9.17) is 21.4 Å². The van der Waals surface area contributed by atoms with E-state index in [1.54, 1.807) is 12.1 Å². The number of carbonyl (C=O) groups excluding carboxylic acids is 1. The fraction of sp³-hybridized carbons (Fsp3) is 0.0435. The molecule has 4 rings (SSSR count). The summed E-state index contributed by atoms with van der Waals surface area (Å²) in [5.74, 6) is -0.377. The lowest BCUT2D eigenvalue weighted by molar-refractivity contribution is 0.0601. The Balaban J connectivity index is 1.88. The van der Waals surface area contributed by atoms with Crippen LogP contribution in [0.5, 0.6) is 0 Å². The van der Waals surface area contributed by atoms with Crippen molar-refractivity contribution in [2.24, 2.45) is 0 Å². The zero-order valence-corrected chi connectivity index (χ0v) is 15.9. The Labute approximate surface area is 168 Å². The third-order valence-corrected chi connectivity index (χ3v) is 4.81. The number of nitrogens with zero attached hydrogens (tertiary/aromatic N) is 2. The van der Waals surface area contributed by atoms with Gasteiger partial charge in [0.25, 0.3) is 0 Å². The minimum Gasteiger partial charge on any atom is -0.465 e. The summed E-state index contributed by atoms with van der Waals surface area (Å²) in [6.45, 7) is 0. The SMILES string of the molecule is COC(=O)c1ccc(-c2nn(-c3ccccc3)c(-c3ccccc3)c2Cl)cc1. The first-order valence-corrected chi connectivity index (χ1v) is 9.15. The van der Waals surface area contributed by atoms with Crippen LogP contribution in [0.2, 0.25) is 5.02 Å². The van der Waals surface area contributed by atoms with Crippen LogP contribution in [-0.4, -0.2) is 22.9 Å². The van der Waals surface area contributed by atoms with Crippen molar-refractivity contribution in [2.75, 3.05) is 7.11 Å². The Morgan fingerprint density at radius 1 is 0.857 bits per heavy atom. The minimum atomic E-state index is -0.377. The van der Waals surface area contributed by atoms with E-state index in [2.05, 4.69) is 0 Å². The zero-order valence-electron chi connectivity index (χ0n) is 15.2. The van der Waals surface area contributed by atoms with Gasteiger partial charge in [0.1, 0.15) is 5.69 Å². The molecule has 3 aromatic carbocycles. The van der Waals surface area contributed by atoms with E-state index in [9.17, 15) is 4.79 Å². The van der Waals surface area contributed by atoms with Crippen molar-refractivity contribution in [3.8, 4) is 28.2 Å². The number of methoxy groups -OCH3 is 1. The van der Waals surface area contributed by atoms with Gasteiger partial charge in [0.15, 0.2) is 0 Å². The maximum absolute atomic E-state index is 11.7. The second kappa shape index (κ2) is 7.71. The summed E-state index contributed by atoms with van der Waals surface area (Å²) >= 11 is 6.80. The molecule has 0 bridgehead atoms. The van der Waals surface area contributed by atoms with Crippen LogP contribution in [-0.2, 0) is 4.74 Å². The average Bonchev–Trinajstić information content (AvgIpc) is 3.11. The molecule has 0 unspecified atom stereocenters. The smallest absolute Gasteiger partial charge is 0.337 e.